The monoisotopic (exact) mass is 499 g/mol. The van der Waals surface area contributed by atoms with Gasteiger partial charge in [-0.05, 0) is 62.1 Å². The van der Waals surface area contributed by atoms with E-state index in [1.807, 2.05) is 24.3 Å². The first-order chi connectivity index (χ1) is 16.5. The minimum Gasteiger partial charge on any atom is -0.466 e. The first-order valence-corrected chi connectivity index (χ1v) is 13.4. The molecule has 3 aromatic rings. The number of carbonyl (C=O) groups is 3. The van der Waals surface area contributed by atoms with Gasteiger partial charge in [0.1, 0.15) is 5.00 Å². The van der Waals surface area contributed by atoms with Gasteiger partial charge in [-0.25, -0.2) is 4.79 Å². The first kappa shape index (κ1) is 24.4. The topological polar surface area (TPSA) is 81.7 Å². The van der Waals surface area contributed by atoms with Crippen molar-refractivity contribution < 1.29 is 23.9 Å². The third kappa shape index (κ3) is 4.61. The van der Waals surface area contributed by atoms with Crippen molar-refractivity contribution in [3.63, 3.8) is 0 Å². The Kier molecular flexibility index (Phi) is 7.68. The number of rotatable bonds is 8. The highest BCUT2D eigenvalue weighted by Gasteiger charge is 2.37. The fourth-order valence-corrected chi connectivity index (χ4v) is 7.00. The molecule has 1 amide bonds. The lowest BCUT2D eigenvalue weighted by molar-refractivity contribution is -0.145. The van der Waals surface area contributed by atoms with Gasteiger partial charge in [0.15, 0.2) is 0 Å². The molecule has 0 saturated carbocycles. The van der Waals surface area contributed by atoms with E-state index in [1.54, 1.807) is 13.8 Å². The molecule has 1 aliphatic carbocycles. The van der Waals surface area contributed by atoms with Crippen molar-refractivity contribution in [1.82, 2.24) is 0 Å². The number of esters is 2. The van der Waals surface area contributed by atoms with Crippen LogP contribution in [0.5, 0.6) is 0 Å². The fourth-order valence-electron chi connectivity index (χ4n) is 4.57. The zero-order chi connectivity index (χ0) is 24.2. The molecule has 1 atom stereocenters. The van der Waals surface area contributed by atoms with Crippen LogP contribution < -0.4 is 5.32 Å². The highest BCUT2D eigenvalue weighted by Crippen LogP contribution is 2.45. The maximum absolute atomic E-state index is 13.5. The number of carbonyl (C=O) groups excluding carboxylic acids is 3. The Labute approximate surface area is 207 Å². The third-order valence-electron chi connectivity index (χ3n) is 5.95. The summed E-state index contributed by atoms with van der Waals surface area (Å²) in [6.07, 6.45) is 3.90. The standard InChI is InChI=1S/C26H29NO5S2/c1-4-10-16-15-11-7-8-13-18(15)33-22(16)23(28)27-24-21(26(30)32-6-3)20-17(25(29)31-5-2)12-9-14-19(20)34-24/h7-8,11,13,17H,4-6,9-10,12,14H2,1-3H3,(H,27,28). The van der Waals surface area contributed by atoms with Gasteiger partial charge in [0.25, 0.3) is 5.91 Å². The van der Waals surface area contributed by atoms with Gasteiger partial charge in [-0.3, -0.25) is 9.59 Å². The van der Waals surface area contributed by atoms with Crippen LogP contribution in [-0.2, 0) is 27.1 Å². The first-order valence-electron chi connectivity index (χ1n) is 11.8. The largest absolute Gasteiger partial charge is 0.466 e. The summed E-state index contributed by atoms with van der Waals surface area (Å²) in [6.45, 7) is 6.09. The Morgan fingerprint density at radius 3 is 2.56 bits per heavy atom. The molecule has 2 heterocycles. The molecule has 6 nitrogen and oxygen atoms in total. The summed E-state index contributed by atoms with van der Waals surface area (Å²) >= 11 is 2.83. The molecule has 0 aliphatic heterocycles. The summed E-state index contributed by atoms with van der Waals surface area (Å²) in [4.78, 5) is 40.8. The molecule has 1 unspecified atom stereocenters. The van der Waals surface area contributed by atoms with Gasteiger partial charge in [0.2, 0.25) is 0 Å². The van der Waals surface area contributed by atoms with Crippen molar-refractivity contribution in [1.29, 1.82) is 0 Å². The van der Waals surface area contributed by atoms with Crippen LogP contribution in [0.3, 0.4) is 0 Å². The molecule has 180 valence electrons. The number of aryl methyl sites for hydroxylation is 2. The molecule has 2 aromatic heterocycles. The lowest BCUT2D eigenvalue weighted by Crippen LogP contribution is -2.23. The quantitative estimate of drug-likeness (QED) is 0.366. The van der Waals surface area contributed by atoms with Crippen molar-refractivity contribution in [2.45, 2.75) is 58.8 Å². The lowest BCUT2D eigenvalue weighted by atomic mass is 9.85. The van der Waals surface area contributed by atoms with Crippen molar-refractivity contribution >= 4 is 55.6 Å². The van der Waals surface area contributed by atoms with E-state index >= 15 is 0 Å². The highest BCUT2D eigenvalue weighted by atomic mass is 32.1. The minimum atomic E-state index is -0.523. The van der Waals surface area contributed by atoms with Crippen LogP contribution in [0.2, 0.25) is 0 Å². The predicted octanol–water partition coefficient (Wildman–Crippen LogP) is 6.33. The zero-order valence-corrected chi connectivity index (χ0v) is 21.3. The zero-order valence-electron chi connectivity index (χ0n) is 19.7. The molecule has 0 fully saturated rings. The van der Waals surface area contributed by atoms with Gasteiger partial charge < -0.3 is 14.8 Å². The summed E-state index contributed by atoms with van der Waals surface area (Å²) in [6, 6.07) is 8.02. The van der Waals surface area contributed by atoms with E-state index in [4.69, 9.17) is 9.47 Å². The van der Waals surface area contributed by atoms with Crippen molar-refractivity contribution in [3.8, 4) is 0 Å². The van der Waals surface area contributed by atoms with E-state index in [0.717, 1.165) is 46.2 Å². The number of fused-ring (bicyclic) bond motifs is 2. The summed E-state index contributed by atoms with van der Waals surface area (Å²) in [5.74, 6) is -1.61. The molecule has 4 rings (SSSR count). The number of hydrogen-bond acceptors (Lipinski definition) is 7. The Bertz CT molecular complexity index is 1230. The predicted molar refractivity (Wildman–Crippen MR) is 136 cm³/mol. The average Bonchev–Trinajstić information content (AvgIpc) is 3.38. The Hall–Kier alpha value is -2.71. The van der Waals surface area contributed by atoms with E-state index in [9.17, 15) is 14.4 Å². The number of benzene rings is 1. The SMILES string of the molecule is CCCc1c(C(=O)Nc2sc3c(c2C(=O)OCC)C(C(=O)OCC)CCC3)sc2ccccc12. The molecule has 0 bridgehead atoms. The summed E-state index contributed by atoms with van der Waals surface area (Å²) in [7, 11) is 0. The summed E-state index contributed by atoms with van der Waals surface area (Å²) in [5.41, 5.74) is 1.99. The molecule has 1 N–H and O–H groups in total. The number of anilines is 1. The van der Waals surface area contributed by atoms with E-state index in [2.05, 4.69) is 12.2 Å². The van der Waals surface area contributed by atoms with Crippen LogP contribution in [0.15, 0.2) is 24.3 Å². The number of amides is 1. The second kappa shape index (κ2) is 10.7. The van der Waals surface area contributed by atoms with Gasteiger partial charge in [-0.2, -0.15) is 0 Å². The van der Waals surface area contributed by atoms with Crippen LogP contribution in [-0.4, -0.2) is 31.1 Å². The van der Waals surface area contributed by atoms with Crippen LogP contribution in [0, 0.1) is 0 Å². The number of hydrogen-bond donors (Lipinski definition) is 1. The van der Waals surface area contributed by atoms with Crippen molar-refractivity contribution in [2.24, 2.45) is 0 Å². The molecular weight excluding hydrogens is 470 g/mol. The molecular formula is C26H29NO5S2. The van der Waals surface area contributed by atoms with Gasteiger partial charge in [0, 0.05) is 9.58 Å². The molecule has 34 heavy (non-hydrogen) atoms. The molecule has 0 spiro atoms. The van der Waals surface area contributed by atoms with Gasteiger partial charge in [-0.15, -0.1) is 22.7 Å². The van der Waals surface area contributed by atoms with E-state index in [0.29, 0.717) is 27.4 Å². The highest BCUT2D eigenvalue weighted by molar-refractivity contribution is 7.21. The number of ether oxygens (including phenoxy) is 2. The van der Waals surface area contributed by atoms with E-state index < -0.39 is 11.9 Å². The lowest BCUT2D eigenvalue weighted by Gasteiger charge is -2.22. The van der Waals surface area contributed by atoms with Crippen LogP contribution >= 0.6 is 22.7 Å². The van der Waals surface area contributed by atoms with Crippen LogP contribution in [0.4, 0.5) is 5.00 Å². The number of nitrogens with one attached hydrogen (secondary N) is 1. The smallest absolute Gasteiger partial charge is 0.341 e. The van der Waals surface area contributed by atoms with Crippen molar-refractivity contribution in [3.05, 3.63) is 50.7 Å². The normalized spacial score (nSPS) is 15.1. The molecule has 8 heteroatoms. The molecule has 1 aliphatic rings. The van der Waals surface area contributed by atoms with E-state index in [1.165, 1.54) is 22.7 Å². The Balaban J connectivity index is 1.76. The Morgan fingerprint density at radius 2 is 1.82 bits per heavy atom. The van der Waals surface area contributed by atoms with Crippen LogP contribution in [0.1, 0.15) is 82.0 Å². The summed E-state index contributed by atoms with van der Waals surface area (Å²) < 4.78 is 11.7. The third-order valence-corrected chi connectivity index (χ3v) is 8.34. The van der Waals surface area contributed by atoms with E-state index in [-0.39, 0.29) is 25.1 Å². The van der Waals surface area contributed by atoms with Gasteiger partial charge >= 0.3 is 11.9 Å². The second-order valence-electron chi connectivity index (χ2n) is 8.17. The second-order valence-corrected chi connectivity index (χ2v) is 10.3. The molecule has 0 radical (unpaired) electrons. The van der Waals surface area contributed by atoms with Gasteiger partial charge in [0.05, 0.1) is 29.6 Å². The fraction of sp³-hybridized carbons (Fsp3) is 0.423. The van der Waals surface area contributed by atoms with Gasteiger partial charge in [-0.1, -0.05) is 31.5 Å². The molecule has 1 aromatic carbocycles. The Morgan fingerprint density at radius 1 is 1.06 bits per heavy atom. The minimum absolute atomic E-state index is 0.206. The average molecular weight is 500 g/mol. The maximum Gasteiger partial charge on any atom is 0.341 e. The van der Waals surface area contributed by atoms with Crippen molar-refractivity contribution in [2.75, 3.05) is 18.5 Å². The summed E-state index contributed by atoms with van der Waals surface area (Å²) in [5, 5.41) is 4.56. The number of thiophene rings is 2. The van der Waals surface area contributed by atoms with Crippen LogP contribution in [0.25, 0.3) is 10.1 Å². The maximum atomic E-state index is 13.5. The molecule has 0 saturated heterocycles.